The van der Waals surface area contributed by atoms with Gasteiger partial charge in [-0.2, -0.15) is 0 Å². The third-order valence-electron chi connectivity index (χ3n) is 4.75. The van der Waals surface area contributed by atoms with Crippen LogP contribution in [-0.2, 0) is 9.47 Å². The molecule has 1 heterocycles. The summed E-state index contributed by atoms with van der Waals surface area (Å²) in [6.07, 6.45) is 0. The van der Waals surface area contributed by atoms with Crippen LogP contribution in [0.4, 0.5) is 0 Å². The van der Waals surface area contributed by atoms with Gasteiger partial charge in [0.05, 0.1) is 30.4 Å². The van der Waals surface area contributed by atoms with Crippen molar-refractivity contribution in [1.82, 2.24) is 4.98 Å². The minimum atomic E-state index is -0.393. The van der Waals surface area contributed by atoms with Crippen LogP contribution in [0.2, 0.25) is 0 Å². The van der Waals surface area contributed by atoms with Gasteiger partial charge in [0, 0.05) is 21.9 Å². The molecule has 0 fully saturated rings. The predicted octanol–water partition coefficient (Wildman–Crippen LogP) is 4.95. The van der Waals surface area contributed by atoms with Crippen LogP contribution in [0.15, 0.2) is 60.7 Å². The molecule has 0 aliphatic heterocycles. The molecule has 0 radical (unpaired) electrons. The SMILES string of the molecule is CCOC(=O)c1ccc2c([nH]c3cc(C(=O)OC)ccc32)c1-c1ccccc1. The van der Waals surface area contributed by atoms with E-state index in [2.05, 4.69) is 4.98 Å². The summed E-state index contributed by atoms with van der Waals surface area (Å²) in [6, 6.07) is 18.8. The highest BCUT2D eigenvalue weighted by atomic mass is 16.5. The average Bonchev–Trinajstić information content (AvgIpc) is 3.11. The van der Waals surface area contributed by atoms with E-state index in [4.69, 9.17) is 9.47 Å². The van der Waals surface area contributed by atoms with Crippen molar-refractivity contribution >= 4 is 33.7 Å². The number of carbonyl (C=O) groups is 2. The number of methoxy groups -OCH3 is 1. The molecule has 28 heavy (non-hydrogen) atoms. The molecule has 0 amide bonds. The standard InChI is InChI=1S/C23H19NO4/c1-3-28-23(26)18-12-11-17-16-10-9-15(22(25)27-2)13-19(16)24-21(17)20(18)14-7-5-4-6-8-14/h4-13,24H,3H2,1-2H3. The number of hydrogen-bond acceptors (Lipinski definition) is 4. The summed E-state index contributed by atoms with van der Waals surface area (Å²) in [6.45, 7) is 2.09. The van der Waals surface area contributed by atoms with Crippen molar-refractivity contribution in [3.05, 3.63) is 71.8 Å². The summed E-state index contributed by atoms with van der Waals surface area (Å²) in [4.78, 5) is 27.8. The number of aromatic amines is 1. The lowest BCUT2D eigenvalue weighted by molar-refractivity contribution is 0.0526. The third kappa shape index (κ3) is 2.91. The number of carbonyl (C=O) groups excluding carboxylic acids is 2. The van der Waals surface area contributed by atoms with Gasteiger partial charge in [-0.15, -0.1) is 0 Å². The molecule has 0 bridgehead atoms. The molecule has 0 spiro atoms. The van der Waals surface area contributed by atoms with E-state index in [0.717, 1.165) is 32.9 Å². The van der Waals surface area contributed by atoms with Crippen molar-refractivity contribution in [2.45, 2.75) is 6.92 Å². The van der Waals surface area contributed by atoms with Gasteiger partial charge in [-0.05, 0) is 30.7 Å². The number of rotatable bonds is 4. The summed E-state index contributed by atoms with van der Waals surface area (Å²) in [7, 11) is 1.36. The quantitative estimate of drug-likeness (QED) is 0.514. The first-order valence-electron chi connectivity index (χ1n) is 9.03. The van der Waals surface area contributed by atoms with Gasteiger partial charge in [0.1, 0.15) is 0 Å². The lowest BCUT2D eigenvalue weighted by atomic mass is 9.96. The van der Waals surface area contributed by atoms with Gasteiger partial charge >= 0.3 is 11.9 Å². The summed E-state index contributed by atoms with van der Waals surface area (Å²) in [5, 5.41) is 1.94. The van der Waals surface area contributed by atoms with Crippen LogP contribution in [0.1, 0.15) is 27.6 Å². The fourth-order valence-electron chi connectivity index (χ4n) is 3.50. The smallest absolute Gasteiger partial charge is 0.338 e. The molecule has 5 heteroatoms. The van der Waals surface area contributed by atoms with Crippen molar-refractivity contribution in [2.75, 3.05) is 13.7 Å². The number of H-pyrrole nitrogens is 1. The van der Waals surface area contributed by atoms with Gasteiger partial charge in [0.25, 0.3) is 0 Å². The highest BCUT2D eigenvalue weighted by Crippen LogP contribution is 2.36. The summed E-state index contributed by atoms with van der Waals surface area (Å²) < 4.78 is 10.1. The van der Waals surface area contributed by atoms with Crippen LogP contribution in [0.5, 0.6) is 0 Å². The first-order valence-corrected chi connectivity index (χ1v) is 9.03. The molecular weight excluding hydrogens is 354 g/mol. The largest absolute Gasteiger partial charge is 0.465 e. The van der Waals surface area contributed by atoms with E-state index in [-0.39, 0.29) is 5.97 Å². The number of benzene rings is 3. The van der Waals surface area contributed by atoms with E-state index in [1.165, 1.54) is 7.11 Å². The van der Waals surface area contributed by atoms with E-state index >= 15 is 0 Å². The summed E-state index contributed by atoms with van der Waals surface area (Å²) >= 11 is 0. The number of fused-ring (bicyclic) bond motifs is 3. The molecule has 3 aromatic carbocycles. The number of ether oxygens (including phenoxy) is 2. The number of esters is 2. The molecule has 4 rings (SSSR count). The monoisotopic (exact) mass is 373 g/mol. The van der Waals surface area contributed by atoms with Gasteiger partial charge in [-0.25, -0.2) is 9.59 Å². The second-order valence-corrected chi connectivity index (χ2v) is 6.37. The van der Waals surface area contributed by atoms with Crippen molar-refractivity contribution < 1.29 is 19.1 Å². The fourth-order valence-corrected chi connectivity index (χ4v) is 3.50. The maximum atomic E-state index is 12.6. The van der Waals surface area contributed by atoms with Crippen LogP contribution in [0, 0.1) is 0 Å². The molecule has 1 N–H and O–H groups in total. The molecule has 5 nitrogen and oxygen atoms in total. The minimum Gasteiger partial charge on any atom is -0.465 e. The Labute approximate surface area is 161 Å². The Balaban J connectivity index is 2.03. The van der Waals surface area contributed by atoms with Crippen LogP contribution in [0.3, 0.4) is 0 Å². The second kappa shape index (κ2) is 7.19. The number of hydrogen-bond donors (Lipinski definition) is 1. The maximum Gasteiger partial charge on any atom is 0.338 e. The van der Waals surface area contributed by atoms with Gasteiger partial charge in [-0.3, -0.25) is 0 Å². The Morgan fingerprint density at radius 1 is 0.929 bits per heavy atom. The lowest BCUT2D eigenvalue weighted by Gasteiger charge is -2.11. The molecule has 4 aromatic rings. The van der Waals surface area contributed by atoms with Gasteiger partial charge in [-0.1, -0.05) is 42.5 Å². The van der Waals surface area contributed by atoms with Crippen molar-refractivity contribution in [3.8, 4) is 11.1 Å². The second-order valence-electron chi connectivity index (χ2n) is 6.37. The Bertz CT molecular complexity index is 1190. The van der Waals surface area contributed by atoms with Crippen LogP contribution >= 0.6 is 0 Å². The van der Waals surface area contributed by atoms with Crippen molar-refractivity contribution in [2.24, 2.45) is 0 Å². The zero-order valence-electron chi connectivity index (χ0n) is 15.6. The molecule has 0 unspecified atom stereocenters. The van der Waals surface area contributed by atoms with E-state index in [1.54, 1.807) is 25.1 Å². The van der Waals surface area contributed by atoms with E-state index < -0.39 is 5.97 Å². The molecule has 0 aliphatic carbocycles. The number of nitrogens with one attached hydrogen (secondary N) is 1. The van der Waals surface area contributed by atoms with Gasteiger partial charge < -0.3 is 14.5 Å². The molecule has 140 valence electrons. The van der Waals surface area contributed by atoms with E-state index in [0.29, 0.717) is 17.7 Å². The topological polar surface area (TPSA) is 68.4 Å². The fraction of sp³-hybridized carbons (Fsp3) is 0.130. The minimum absolute atomic E-state index is 0.306. The highest BCUT2D eigenvalue weighted by Gasteiger charge is 2.20. The summed E-state index contributed by atoms with van der Waals surface area (Å²) in [5.74, 6) is -0.756. The first kappa shape index (κ1) is 17.8. The zero-order chi connectivity index (χ0) is 19.7. The van der Waals surface area contributed by atoms with Crippen molar-refractivity contribution in [1.29, 1.82) is 0 Å². The first-order chi connectivity index (χ1) is 13.6. The normalized spacial score (nSPS) is 10.9. The van der Waals surface area contributed by atoms with Gasteiger partial charge in [0.15, 0.2) is 0 Å². The molecule has 1 aromatic heterocycles. The molecule has 0 saturated carbocycles. The van der Waals surface area contributed by atoms with E-state index in [1.807, 2.05) is 42.5 Å². The summed E-state index contributed by atoms with van der Waals surface area (Å²) in [5.41, 5.74) is 4.29. The Morgan fingerprint density at radius 3 is 2.39 bits per heavy atom. The van der Waals surface area contributed by atoms with E-state index in [9.17, 15) is 9.59 Å². The van der Waals surface area contributed by atoms with Crippen LogP contribution in [-0.4, -0.2) is 30.6 Å². The Morgan fingerprint density at radius 2 is 1.68 bits per heavy atom. The van der Waals surface area contributed by atoms with Crippen LogP contribution < -0.4 is 0 Å². The average molecular weight is 373 g/mol. The maximum absolute atomic E-state index is 12.6. The van der Waals surface area contributed by atoms with Gasteiger partial charge in [0.2, 0.25) is 0 Å². The predicted molar refractivity (Wildman–Crippen MR) is 109 cm³/mol. The van der Waals surface area contributed by atoms with Crippen LogP contribution in [0.25, 0.3) is 32.9 Å². The highest BCUT2D eigenvalue weighted by molar-refractivity contribution is 6.16. The molecular formula is C23H19NO4. The Hall–Kier alpha value is -3.60. The zero-order valence-corrected chi connectivity index (χ0v) is 15.6. The molecule has 0 atom stereocenters. The molecule has 0 aliphatic rings. The molecule has 0 saturated heterocycles. The van der Waals surface area contributed by atoms with Crippen molar-refractivity contribution in [3.63, 3.8) is 0 Å². The third-order valence-corrected chi connectivity index (χ3v) is 4.75. The Kier molecular flexibility index (Phi) is 4.57. The number of aromatic nitrogens is 1. The lowest BCUT2D eigenvalue weighted by Crippen LogP contribution is -2.06.